The van der Waals surface area contributed by atoms with Crippen LogP contribution < -0.4 is 5.32 Å². The van der Waals surface area contributed by atoms with Crippen molar-refractivity contribution in [3.8, 4) is 0 Å². The van der Waals surface area contributed by atoms with E-state index in [1.807, 2.05) is 6.07 Å². The Labute approximate surface area is 101 Å². The van der Waals surface area contributed by atoms with E-state index >= 15 is 0 Å². The first-order valence-electron chi connectivity index (χ1n) is 4.97. The van der Waals surface area contributed by atoms with Gasteiger partial charge in [0.1, 0.15) is 5.69 Å². The van der Waals surface area contributed by atoms with E-state index in [0.29, 0.717) is 24.4 Å². The largest absolute Gasteiger partial charge is 0.383 e. The number of nitro groups is 1. The second kappa shape index (κ2) is 5.07. The lowest BCUT2D eigenvalue weighted by molar-refractivity contribution is -0.382. The molecule has 1 aromatic carbocycles. The molecular formula is C10H11N3O3S. The molecule has 0 bridgehead atoms. The summed E-state index contributed by atoms with van der Waals surface area (Å²) in [5, 5.41) is 14.0. The minimum absolute atomic E-state index is 0.0276. The Morgan fingerprint density at radius 3 is 3.12 bits per heavy atom. The van der Waals surface area contributed by atoms with Crippen LogP contribution in [0.4, 0.5) is 11.4 Å². The van der Waals surface area contributed by atoms with Crippen molar-refractivity contribution in [3.05, 3.63) is 27.8 Å². The molecule has 0 radical (unpaired) electrons. The zero-order valence-corrected chi connectivity index (χ0v) is 9.99. The summed E-state index contributed by atoms with van der Waals surface area (Å²) in [4.78, 5) is 14.7. The molecule has 1 aromatic heterocycles. The number of methoxy groups -OCH3 is 1. The average molecular weight is 253 g/mol. The first-order valence-corrected chi connectivity index (χ1v) is 5.85. The summed E-state index contributed by atoms with van der Waals surface area (Å²) >= 11 is 1.39. The number of benzene rings is 1. The van der Waals surface area contributed by atoms with Gasteiger partial charge in [-0.15, -0.1) is 11.3 Å². The van der Waals surface area contributed by atoms with Crippen molar-refractivity contribution in [1.29, 1.82) is 0 Å². The van der Waals surface area contributed by atoms with Crippen LogP contribution in [-0.4, -0.2) is 30.2 Å². The maximum atomic E-state index is 11.1. The van der Waals surface area contributed by atoms with Gasteiger partial charge in [-0.1, -0.05) is 0 Å². The zero-order chi connectivity index (χ0) is 12.3. The van der Waals surface area contributed by atoms with Gasteiger partial charge >= 0.3 is 5.69 Å². The van der Waals surface area contributed by atoms with E-state index in [2.05, 4.69) is 10.3 Å². The fourth-order valence-corrected chi connectivity index (χ4v) is 2.21. The predicted molar refractivity (Wildman–Crippen MR) is 66.6 cm³/mol. The van der Waals surface area contributed by atoms with E-state index < -0.39 is 4.92 Å². The first kappa shape index (κ1) is 11.7. The van der Waals surface area contributed by atoms with Crippen molar-refractivity contribution in [2.75, 3.05) is 25.6 Å². The molecule has 0 spiro atoms. The van der Waals surface area contributed by atoms with Crippen molar-refractivity contribution in [2.45, 2.75) is 0 Å². The van der Waals surface area contributed by atoms with Gasteiger partial charge in [0.05, 0.1) is 21.7 Å². The summed E-state index contributed by atoms with van der Waals surface area (Å²) < 4.78 is 5.70. The quantitative estimate of drug-likeness (QED) is 0.502. The molecule has 0 aliphatic heterocycles. The standard InChI is InChI=1S/C10H11N3O3S/c1-16-5-4-11-7-2-3-8-9(12-6-17-8)10(7)13(14)15/h2-3,6,11H,4-5H2,1H3. The van der Waals surface area contributed by atoms with Crippen molar-refractivity contribution < 1.29 is 9.66 Å². The van der Waals surface area contributed by atoms with E-state index in [0.717, 1.165) is 4.70 Å². The van der Waals surface area contributed by atoms with E-state index in [4.69, 9.17) is 4.74 Å². The zero-order valence-electron chi connectivity index (χ0n) is 9.17. The monoisotopic (exact) mass is 253 g/mol. The highest BCUT2D eigenvalue weighted by molar-refractivity contribution is 7.16. The van der Waals surface area contributed by atoms with Gasteiger partial charge in [-0.25, -0.2) is 4.98 Å². The lowest BCUT2D eigenvalue weighted by Crippen LogP contribution is -2.09. The highest BCUT2D eigenvalue weighted by Gasteiger charge is 2.20. The number of hydrogen-bond donors (Lipinski definition) is 1. The van der Waals surface area contributed by atoms with Crippen molar-refractivity contribution in [3.63, 3.8) is 0 Å². The van der Waals surface area contributed by atoms with E-state index in [1.165, 1.54) is 11.3 Å². The maximum Gasteiger partial charge on any atom is 0.319 e. The molecule has 17 heavy (non-hydrogen) atoms. The summed E-state index contributed by atoms with van der Waals surface area (Å²) in [6, 6.07) is 3.53. The van der Waals surface area contributed by atoms with Crippen LogP contribution in [0.15, 0.2) is 17.6 Å². The lowest BCUT2D eigenvalue weighted by atomic mass is 10.2. The number of anilines is 1. The number of thiazole rings is 1. The van der Waals surface area contributed by atoms with Gasteiger partial charge in [0.25, 0.3) is 0 Å². The fraction of sp³-hybridized carbons (Fsp3) is 0.300. The van der Waals surface area contributed by atoms with Crippen molar-refractivity contribution in [1.82, 2.24) is 4.98 Å². The first-order chi connectivity index (χ1) is 8.24. The molecule has 0 fully saturated rings. The molecule has 2 aromatic rings. The molecule has 0 atom stereocenters. The highest BCUT2D eigenvalue weighted by atomic mass is 32.1. The lowest BCUT2D eigenvalue weighted by Gasteiger charge is -2.06. The summed E-state index contributed by atoms with van der Waals surface area (Å²) in [6.07, 6.45) is 0. The molecule has 6 nitrogen and oxygen atoms in total. The van der Waals surface area contributed by atoms with Crippen LogP contribution in [0.25, 0.3) is 10.2 Å². The number of aromatic nitrogens is 1. The number of rotatable bonds is 5. The summed E-state index contributed by atoms with van der Waals surface area (Å²) in [7, 11) is 1.58. The molecule has 2 rings (SSSR count). The molecule has 0 aliphatic rings. The molecule has 1 heterocycles. The molecule has 0 saturated heterocycles. The normalized spacial score (nSPS) is 10.6. The second-order valence-corrected chi connectivity index (χ2v) is 4.22. The third-order valence-corrected chi connectivity index (χ3v) is 3.07. The predicted octanol–water partition coefficient (Wildman–Crippen LogP) is 2.26. The SMILES string of the molecule is COCCNc1ccc2scnc2c1[N+](=O)[O-]. The van der Waals surface area contributed by atoms with Crippen LogP contribution in [0.1, 0.15) is 0 Å². The maximum absolute atomic E-state index is 11.1. The minimum atomic E-state index is -0.406. The van der Waals surface area contributed by atoms with Gasteiger partial charge in [-0.05, 0) is 12.1 Å². The number of nitrogens with zero attached hydrogens (tertiary/aromatic N) is 2. The molecule has 0 aliphatic carbocycles. The molecule has 90 valence electrons. The fourth-order valence-electron chi connectivity index (χ4n) is 1.53. The van der Waals surface area contributed by atoms with E-state index in [1.54, 1.807) is 18.7 Å². The van der Waals surface area contributed by atoms with Crippen LogP contribution >= 0.6 is 11.3 Å². The Morgan fingerprint density at radius 2 is 2.41 bits per heavy atom. The van der Waals surface area contributed by atoms with E-state index in [-0.39, 0.29) is 5.69 Å². The van der Waals surface area contributed by atoms with Gasteiger partial charge in [0.2, 0.25) is 0 Å². The van der Waals surface area contributed by atoms with Gasteiger partial charge in [-0.2, -0.15) is 0 Å². The minimum Gasteiger partial charge on any atom is -0.383 e. The summed E-state index contributed by atoms with van der Waals surface area (Å²) in [5.41, 5.74) is 2.55. The Bertz CT molecular complexity index is 541. The van der Waals surface area contributed by atoms with Gasteiger partial charge in [0, 0.05) is 13.7 Å². The molecule has 0 amide bonds. The van der Waals surface area contributed by atoms with Crippen molar-refractivity contribution >= 4 is 32.9 Å². The highest BCUT2D eigenvalue weighted by Crippen LogP contribution is 2.34. The second-order valence-electron chi connectivity index (χ2n) is 3.34. The van der Waals surface area contributed by atoms with Crippen LogP contribution in [0.2, 0.25) is 0 Å². The summed E-state index contributed by atoms with van der Waals surface area (Å²) in [6.45, 7) is 1.01. The Balaban J connectivity index is 2.39. The molecule has 7 heteroatoms. The smallest absolute Gasteiger partial charge is 0.319 e. The Hall–Kier alpha value is -1.73. The number of ether oxygens (including phenoxy) is 1. The van der Waals surface area contributed by atoms with Gasteiger partial charge < -0.3 is 10.1 Å². The average Bonchev–Trinajstić information content (AvgIpc) is 2.76. The topological polar surface area (TPSA) is 77.3 Å². The van der Waals surface area contributed by atoms with Gasteiger partial charge in [0.15, 0.2) is 5.52 Å². The van der Waals surface area contributed by atoms with Crippen LogP contribution in [0.5, 0.6) is 0 Å². The Kier molecular flexibility index (Phi) is 3.50. The molecule has 0 saturated carbocycles. The third kappa shape index (κ3) is 2.34. The van der Waals surface area contributed by atoms with E-state index in [9.17, 15) is 10.1 Å². The number of hydrogen-bond acceptors (Lipinski definition) is 6. The van der Waals surface area contributed by atoms with Crippen LogP contribution in [0.3, 0.4) is 0 Å². The molecule has 1 N–H and O–H groups in total. The van der Waals surface area contributed by atoms with Crippen LogP contribution in [-0.2, 0) is 4.74 Å². The van der Waals surface area contributed by atoms with Gasteiger partial charge in [-0.3, -0.25) is 10.1 Å². The number of nitrogens with one attached hydrogen (secondary N) is 1. The molecular weight excluding hydrogens is 242 g/mol. The number of nitro benzene ring substituents is 1. The van der Waals surface area contributed by atoms with Crippen LogP contribution in [0, 0.1) is 10.1 Å². The third-order valence-electron chi connectivity index (χ3n) is 2.28. The van der Waals surface area contributed by atoms with Crippen molar-refractivity contribution in [2.24, 2.45) is 0 Å². The molecule has 0 unspecified atom stereocenters. The summed E-state index contributed by atoms with van der Waals surface area (Å²) in [5.74, 6) is 0. The number of fused-ring (bicyclic) bond motifs is 1. The Morgan fingerprint density at radius 1 is 1.59 bits per heavy atom.